The second kappa shape index (κ2) is 5.61. The van der Waals surface area contributed by atoms with Crippen molar-refractivity contribution in [2.75, 3.05) is 18.4 Å². The number of anilines is 1. The van der Waals surface area contributed by atoms with Crippen molar-refractivity contribution in [3.05, 3.63) is 29.3 Å². The summed E-state index contributed by atoms with van der Waals surface area (Å²) >= 11 is 0. The number of hydrogen-bond donors (Lipinski definition) is 3. The minimum absolute atomic E-state index is 0.111. The zero-order valence-electron chi connectivity index (χ0n) is 11.2. The molecule has 0 spiro atoms. The number of carbonyl (C=O) groups is 1. The quantitative estimate of drug-likeness (QED) is 0.749. The van der Waals surface area contributed by atoms with Gasteiger partial charge in [0.15, 0.2) is 0 Å². The van der Waals surface area contributed by atoms with Crippen LogP contribution in [-0.4, -0.2) is 25.0 Å². The van der Waals surface area contributed by atoms with Crippen molar-refractivity contribution in [1.29, 1.82) is 0 Å². The molecule has 3 N–H and O–H groups in total. The Labute approximate surface area is 114 Å². The number of benzene rings is 1. The minimum atomic E-state index is 0.111. The van der Waals surface area contributed by atoms with Crippen molar-refractivity contribution in [3.63, 3.8) is 0 Å². The van der Waals surface area contributed by atoms with Crippen molar-refractivity contribution in [3.8, 4) is 0 Å². The summed E-state index contributed by atoms with van der Waals surface area (Å²) in [6.45, 7) is 2.20. The van der Waals surface area contributed by atoms with Gasteiger partial charge in [0.05, 0.1) is 6.54 Å². The zero-order valence-corrected chi connectivity index (χ0v) is 11.2. The fourth-order valence-electron chi connectivity index (χ4n) is 2.55. The summed E-state index contributed by atoms with van der Waals surface area (Å²) in [5.74, 6) is 0.111. The van der Waals surface area contributed by atoms with Crippen LogP contribution in [-0.2, 0) is 17.8 Å². The molecule has 1 saturated carbocycles. The maximum Gasteiger partial charge on any atom is 0.234 e. The molecule has 4 nitrogen and oxygen atoms in total. The van der Waals surface area contributed by atoms with Crippen molar-refractivity contribution in [2.24, 2.45) is 0 Å². The maximum atomic E-state index is 11.6. The minimum Gasteiger partial charge on any atom is -0.385 e. The van der Waals surface area contributed by atoms with Gasteiger partial charge in [0.1, 0.15) is 0 Å². The third kappa shape index (κ3) is 3.26. The molecule has 1 aromatic rings. The van der Waals surface area contributed by atoms with E-state index in [4.69, 9.17) is 0 Å². The number of amides is 1. The van der Waals surface area contributed by atoms with E-state index in [1.54, 1.807) is 0 Å². The molecule has 0 radical (unpaired) electrons. The zero-order chi connectivity index (χ0) is 13.1. The van der Waals surface area contributed by atoms with Crippen LogP contribution in [0.4, 0.5) is 5.69 Å². The molecule has 1 aliphatic heterocycles. The smallest absolute Gasteiger partial charge is 0.234 e. The number of nitrogens with one attached hydrogen (secondary N) is 3. The fourth-order valence-corrected chi connectivity index (χ4v) is 2.55. The molecule has 1 fully saturated rings. The lowest BCUT2D eigenvalue weighted by molar-refractivity contribution is -0.120. The van der Waals surface area contributed by atoms with Gasteiger partial charge in [-0.15, -0.1) is 0 Å². The number of carbonyl (C=O) groups excluding carboxylic acids is 1. The molecule has 1 amide bonds. The molecule has 0 bridgehead atoms. The molecular weight excluding hydrogens is 238 g/mol. The largest absolute Gasteiger partial charge is 0.385 e. The Morgan fingerprint density at radius 3 is 3.11 bits per heavy atom. The summed E-state index contributed by atoms with van der Waals surface area (Å²) in [6.07, 6.45) is 4.63. The van der Waals surface area contributed by atoms with Crippen molar-refractivity contribution in [2.45, 2.75) is 38.3 Å². The highest BCUT2D eigenvalue weighted by Crippen LogP contribution is 2.25. The summed E-state index contributed by atoms with van der Waals surface area (Å²) in [5, 5.41) is 9.69. The first-order chi connectivity index (χ1) is 9.33. The summed E-state index contributed by atoms with van der Waals surface area (Å²) in [7, 11) is 0. The molecule has 1 heterocycles. The molecule has 0 unspecified atom stereocenters. The predicted octanol–water partition coefficient (Wildman–Crippen LogP) is 1.41. The third-order valence-corrected chi connectivity index (χ3v) is 3.71. The van der Waals surface area contributed by atoms with E-state index in [2.05, 4.69) is 34.1 Å². The van der Waals surface area contributed by atoms with E-state index >= 15 is 0 Å². The molecule has 0 aromatic heterocycles. The monoisotopic (exact) mass is 259 g/mol. The molecule has 19 heavy (non-hydrogen) atoms. The van der Waals surface area contributed by atoms with Gasteiger partial charge in [-0.2, -0.15) is 0 Å². The predicted molar refractivity (Wildman–Crippen MR) is 76.1 cm³/mol. The summed E-state index contributed by atoms with van der Waals surface area (Å²) < 4.78 is 0. The van der Waals surface area contributed by atoms with Crippen LogP contribution >= 0.6 is 0 Å². The molecule has 102 valence electrons. The lowest BCUT2D eigenvalue weighted by atomic mass is 9.99. The van der Waals surface area contributed by atoms with E-state index in [1.165, 1.54) is 23.2 Å². The normalized spacial score (nSPS) is 17.5. The van der Waals surface area contributed by atoms with E-state index in [0.29, 0.717) is 12.6 Å². The molecule has 1 aromatic carbocycles. The SMILES string of the molecule is O=C(CNCc1cccc2c1NCCC2)NC1CC1. The van der Waals surface area contributed by atoms with Crippen LogP contribution in [0.15, 0.2) is 18.2 Å². The van der Waals surface area contributed by atoms with E-state index < -0.39 is 0 Å². The average molecular weight is 259 g/mol. The Balaban J connectivity index is 1.53. The average Bonchev–Trinajstić information content (AvgIpc) is 3.23. The van der Waals surface area contributed by atoms with Gasteiger partial charge in [0, 0.05) is 24.8 Å². The number of para-hydroxylation sites is 1. The van der Waals surface area contributed by atoms with Crippen molar-refractivity contribution in [1.82, 2.24) is 10.6 Å². The highest BCUT2D eigenvalue weighted by atomic mass is 16.2. The summed E-state index contributed by atoms with van der Waals surface area (Å²) in [6, 6.07) is 6.86. The highest BCUT2D eigenvalue weighted by Gasteiger charge is 2.22. The summed E-state index contributed by atoms with van der Waals surface area (Å²) in [5.41, 5.74) is 3.92. The molecule has 4 heteroatoms. The third-order valence-electron chi connectivity index (χ3n) is 3.71. The Morgan fingerprint density at radius 1 is 1.37 bits per heavy atom. The van der Waals surface area contributed by atoms with Crippen LogP contribution in [0.5, 0.6) is 0 Å². The maximum absolute atomic E-state index is 11.6. The van der Waals surface area contributed by atoms with Gasteiger partial charge in [-0.1, -0.05) is 18.2 Å². The second-order valence-corrected chi connectivity index (χ2v) is 5.43. The van der Waals surface area contributed by atoms with Crippen molar-refractivity contribution < 1.29 is 4.79 Å². The van der Waals surface area contributed by atoms with Gasteiger partial charge in [-0.25, -0.2) is 0 Å². The molecule has 1 aliphatic carbocycles. The van der Waals surface area contributed by atoms with Gasteiger partial charge < -0.3 is 16.0 Å². The standard InChI is InChI=1S/C15H21N3O/c19-14(18-13-6-7-13)10-16-9-12-4-1-3-11-5-2-8-17-15(11)12/h1,3-4,13,16-17H,2,5-10H2,(H,18,19). The van der Waals surface area contributed by atoms with Crippen LogP contribution < -0.4 is 16.0 Å². The first kappa shape index (κ1) is 12.5. The topological polar surface area (TPSA) is 53.2 Å². The van der Waals surface area contributed by atoms with Gasteiger partial charge in [0.2, 0.25) is 5.91 Å². The number of aryl methyl sites for hydroxylation is 1. The Hall–Kier alpha value is -1.55. The molecule has 3 rings (SSSR count). The van der Waals surface area contributed by atoms with Crippen LogP contribution in [0.25, 0.3) is 0 Å². The van der Waals surface area contributed by atoms with Gasteiger partial charge in [0.25, 0.3) is 0 Å². The number of rotatable bonds is 5. The lowest BCUT2D eigenvalue weighted by Gasteiger charge is -2.21. The van der Waals surface area contributed by atoms with E-state index in [-0.39, 0.29) is 5.91 Å². The number of hydrogen-bond acceptors (Lipinski definition) is 3. The summed E-state index contributed by atoms with van der Waals surface area (Å²) in [4.78, 5) is 11.6. The van der Waals surface area contributed by atoms with Gasteiger partial charge >= 0.3 is 0 Å². The molecular formula is C15H21N3O. The second-order valence-electron chi connectivity index (χ2n) is 5.43. The number of fused-ring (bicyclic) bond motifs is 1. The first-order valence-corrected chi connectivity index (χ1v) is 7.17. The fraction of sp³-hybridized carbons (Fsp3) is 0.533. The Morgan fingerprint density at radius 2 is 2.26 bits per heavy atom. The molecule has 2 aliphatic rings. The van der Waals surface area contributed by atoms with Crippen LogP contribution in [0.1, 0.15) is 30.4 Å². The van der Waals surface area contributed by atoms with Crippen LogP contribution in [0, 0.1) is 0 Å². The Kier molecular flexibility index (Phi) is 3.69. The van der Waals surface area contributed by atoms with E-state index in [9.17, 15) is 4.79 Å². The first-order valence-electron chi connectivity index (χ1n) is 7.17. The van der Waals surface area contributed by atoms with Crippen LogP contribution in [0.2, 0.25) is 0 Å². The highest BCUT2D eigenvalue weighted by molar-refractivity contribution is 5.78. The van der Waals surface area contributed by atoms with Gasteiger partial charge in [-0.05, 0) is 36.8 Å². The van der Waals surface area contributed by atoms with Gasteiger partial charge in [-0.3, -0.25) is 4.79 Å². The Bertz CT molecular complexity index is 468. The molecule has 0 saturated heterocycles. The lowest BCUT2D eigenvalue weighted by Crippen LogP contribution is -2.35. The van der Waals surface area contributed by atoms with E-state index in [1.807, 2.05) is 0 Å². The van der Waals surface area contributed by atoms with Crippen LogP contribution in [0.3, 0.4) is 0 Å². The molecule has 0 atom stereocenters. The van der Waals surface area contributed by atoms with E-state index in [0.717, 1.165) is 32.4 Å². The van der Waals surface area contributed by atoms with Crippen molar-refractivity contribution >= 4 is 11.6 Å².